The van der Waals surface area contributed by atoms with E-state index in [1.54, 1.807) is 12.1 Å². The zero-order valence-electron chi connectivity index (χ0n) is 12.4. The van der Waals surface area contributed by atoms with Gasteiger partial charge in [-0.15, -0.1) is 0 Å². The van der Waals surface area contributed by atoms with Gasteiger partial charge in [-0.25, -0.2) is 0 Å². The summed E-state index contributed by atoms with van der Waals surface area (Å²) in [5.74, 6) is 0.365. The van der Waals surface area contributed by atoms with E-state index in [4.69, 9.17) is 9.47 Å². The number of aliphatic hydroxyl groups excluding tert-OH is 1. The van der Waals surface area contributed by atoms with Crippen LogP contribution in [-0.4, -0.2) is 29.8 Å². The van der Waals surface area contributed by atoms with Gasteiger partial charge in [-0.3, -0.25) is 4.79 Å². The van der Waals surface area contributed by atoms with Gasteiger partial charge >= 0.3 is 0 Å². The number of hydrogen-bond donors (Lipinski definition) is 2. The molecule has 2 aromatic rings. The van der Waals surface area contributed by atoms with E-state index in [9.17, 15) is 9.90 Å². The first-order chi connectivity index (χ1) is 11.2. The number of hydrogen-bond acceptors (Lipinski definition) is 4. The van der Waals surface area contributed by atoms with Crippen LogP contribution in [0.4, 0.5) is 0 Å². The molecule has 0 aliphatic carbocycles. The highest BCUT2D eigenvalue weighted by Gasteiger charge is 2.52. The van der Waals surface area contributed by atoms with E-state index < -0.39 is 12.1 Å². The molecule has 1 amide bonds. The summed E-state index contributed by atoms with van der Waals surface area (Å²) in [5.41, 5.74) is 2.05. The molecule has 1 fully saturated rings. The van der Waals surface area contributed by atoms with E-state index in [2.05, 4.69) is 5.32 Å². The fraction of sp³-hybridized carbons (Fsp3) is 0.278. The van der Waals surface area contributed by atoms with E-state index >= 15 is 0 Å². The number of para-hydroxylation sites is 1. The van der Waals surface area contributed by atoms with Crippen molar-refractivity contribution < 1.29 is 19.4 Å². The molecule has 2 aliphatic heterocycles. The van der Waals surface area contributed by atoms with Crippen molar-refractivity contribution in [1.29, 1.82) is 0 Å². The van der Waals surface area contributed by atoms with E-state index in [0.717, 1.165) is 11.1 Å². The Bertz CT molecular complexity index is 718. The molecule has 0 unspecified atom stereocenters. The summed E-state index contributed by atoms with van der Waals surface area (Å²) in [5, 5.41) is 13.2. The van der Waals surface area contributed by atoms with Gasteiger partial charge in [0, 0.05) is 0 Å². The summed E-state index contributed by atoms with van der Waals surface area (Å²) in [6.07, 6.45) is -1.40. The molecule has 23 heavy (non-hydrogen) atoms. The number of aliphatic hydroxyl groups is 1. The Morgan fingerprint density at radius 3 is 2.43 bits per heavy atom. The van der Waals surface area contributed by atoms with Gasteiger partial charge in [-0.05, 0) is 23.3 Å². The minimum atomic E-state index is -0.740. The molecule has 4 rings (SSSR count). The van der Waals surface area contributed by atoms with Crippen LogP contribution < -0.4 is 10.1 Å². The SMILES string of the molecule is O=C(COc1ccccc1)N[C@H]1[C@H](O)[C@@H]2O[C@H]1c1ccccc12. The Kier molecular flexibility index (Phi) is 3.52. The van der Waals surface area contributed by atoms with E-state index in [-0.39, 0.29) is 24.7 Å². The standard InChI is InChI=1S/C18H17NO4/c20-14(10-22-11-6-2-1-3-7-11)19-15-16(21)18-13-9-5-4-8-12(13)17(15)23-18/h1-9,15-18,21H,10H2,(H,19,20)/t15-,16-,17-,18+/m0/s1. The van der Waals surface area contributed by atoms with E-state index in [1.165, 1.54) is 0 Å². The lowest BCUT2D eigenvalue weighted by molar-refractivity contribution is -0.124. The van der Waals surface area contributed by atoms with Crippen LogP contribution in [0, 0.1) is 0 Å². The fourth-order valence-corrected chi connectivity index (χ4v) is 3.30. The third-order valence-corrected chi connectivity index (χ3v) is 4.35. The third kappa shape index (κ3) is 2.48. The molecule has 2 aliphatic rings. The Morgan fingerprint density at radius 2 is 1.70 bits per heavy atom. The third-order valence-electron chi connectivity index (χ3n) is 4.35. The molecule has 0 aromatic heterocycles. The molecule has 0 saturated carbocycles. The molecule has 1 saturated heterocycles. The van der Waals surface area contributed by atoms with Gasteiger partial charge in [0.1, 0.15) is 24.1 Å². The van der Waals surface area contributed by atoms with Crippen molar-refractivity contribution in [3.63, 3.8) is 0 Å². The highest BCUT2D eigenvalue weighted by molar-refractivity contribution is 5.78. The fourth-order valence-electron chi connectivity index (χ4n) is 3.30. The van der Waals surface area contributed by atoms with Gasteiger partial charge in [0.25, 0.3) is 5.91 Å². The molecule has 4 atom stereocenters. The topological polar surface area (TPSA) is 67.8 Å². The second-order valence-electron chi connectivity index (χ2n) is 5.79. The molecule has 0 spiro atoms. The number of ether oxygens (including phenoxy) is 2. The summed E-state index contributed by atoms with van der Waals surface area (Å²) < 4.78 is 11.3. The second kappa shape index (κ2) is 5.68. The van der Waals surface area contributed by atoms with Crippen LogP contribution in [0.2, 0.25) is 0 Å². The van der Waals surface area contributed by atoms with Crippen molar-refractivity contribution in [2.75, 3.05) is 6.61 Å². The maximum Gasteiger partial charge on any atom is 0.258 e. The number of benzene rings is 2. The van der Waals surface area contributed by atoms with Crippen molar-refractivity contribution in [3.05, 3.63) is 65.7 Å². The molecule has 2 bridgehead atoms. The quantitative estimate of drug-likeness (QED) is 0.902. The first-order valence-corrected chi connectivity index (χ1v) is 7.63. The van der Waals surface area contributed by atoms with Crippen molar-refractivity contribution >= 4 is 5.91 Å². The van der Waals surface area contributed by atoms with Gasteiger partial charge in [-0.1, -0.05) is 42.5 Å². The van der Waals surface area contributed by atoms with Crippen LogP contribution in [0.1, 0.15) is 23.3 Å². The summed E-state index contributed by atoms with van der Waals surface area (Å²) in [6.45, 7) is -0.0910. The molecule has 0 radical (unpaired) electrons. The maximum absolute atomic E-state index is 12.1. The first-order valence-electron chi connectivity index (χ1n) is 7.63. The first kappa shape index (κ1) is 14.2. The summed E-state index contributed by atoms with van der Waals surface area (Å²) in [4.78, 5) is 12.1. The van der Waals surface area contributed by atoms with Gasteiger partial charge in [0.2, 0.25) is 0 Å². The molecular weight excluding hydrogens is 294 g/mol. The molecular formula is C18H17NO4. The molecule has 5 heteroatoms. The summed E-state index contributed by atoms with van der Waals surface area (Å²) >= 11 is 0. The molecule has 2 aromatic carbocycles. The van der Waals surface area contributed by atoms with E-state index in [1.807, 2.05) is 42.5 Å². The molecule has 118 valence electrons. The van der Waals surface area contributed by atoms with E-state index in [0.29, 0.717) is 5.75 Å². The molecule has 2 heterocycles. The van der Waals surface area contributed by atoms with Crippen LogP contribution >= 0.6 is 0 Å². The number of nitrogens with one attached hydrogen (secondary N) is 1. The Hall–Kier alpha value is -2.37. The Balaban J connectivity index is 1.41. The number of carbonyl (C=O) groups excluding carboxylic acids is 1. The van der Waals surface area contributed by atoms with Crippen molar-refractivity contribution in [3.8, 4) is 5.75 Å². The normalized spacial score (nSPS) is 27.5. The van der Waals surface area contributed by atoms with Crippen molar-refractivity contribution in [1.82, 2.24) is 5.32 Å². The average molecular weight is 311 g/mol. The lowest BCUT2D eigenvalue weighted by atomic mass is 9.86. The number of fused-ring (bicyclic) bond motifs is 5. The van der Waals surface area contributed by atoms with Crippen LogP contribution in [0.3, 0.4) is 0 Å². The Morgan fingerprint density at radius 1 is 1.04 bits per heavy atom. The summed E-state index contributed by atoms with van der Waals surface area (Å²) in [6, 6.07) is 16.5. The van der Waals surface area contributed by atoms with Crippen molar-refractivity contribution in [2.24, 2.45) is 0 Å². The lowest BCUT2D eigenvalue weighted by Gasteiger charge is -2.26. The van der Waals surface area contributed by atoms with Crippen LogP contribution in [0.25, 0.3) is 0 Å². The van der Waals surface area contributed by atoms with Crippen LogP contribution in [0.5, 0.6) is 5.75 Å². The highest BCUT2D eigenvalue weighted by Crippen LogP contribution is 2.50. The van der Waals surface area contributed by atoms with Crippen LogP contribution in [-0.2, 0) is 9.53 Å². The smallest absolute Gasteiger partial charge is 0.258 e. The average Bonchev–Trinajstić information content (AvgIpc) is 3.11. The predicted octanol–water partition coefficient (Wildman–Crippen LogP) is 1.74. The Labute approximate surface area is 133 Å². The van der Waals surface area contributed by atoms with Crippen molar-refractivity contribution in [2.45, 2.75) is 24.4 Å². The zero-order chi connectivity index (χ0) is 15.8. The zero-order valence-corrected chi connectivity index (χ0v) is 12.4. The lowest BCUT2D eigenvalue weighted by Crippen LogP contribution is -2.47. The summed E-state index contributed by atoms with van der Waals surface area (Å²) in [7, 11) is 0. The second-order valence-corrected chi connectivity index (χ2v) is 5.79. The minimum Gasteiger partial charge on any atom is -0.484 e. The number of rotatable bonds is 4. The van der Waals surface area contributed by atoms with Gasteiger partial charge in [-0.2, -0.15) is 0 Å². The van der Waals surface area contributed by atoms with Gasteiger partial charge in [0.15, 0.2) is 6.61 Å². The molecule has 2 N–H and O–H groups in total. The monoisotopic (exact) mass is 311 g/mol. The largest absolute Gasteiger partial charge is 0.484 e. The number of amides is 1. The minimum absolute atomic E-state index is 0.0910. The maximum atomic E-state index is 12.1. The number of carbonyl (C=O) groups is 1. The van der Waals surface area contributed by atoms with Gasteiger partial charge in [0.05, 0.1) is 6.04 Å². The highest BCUT2D eigenvalue weighted by atomic mass is 16.5. The molecule has 5 nitrogen and oxygen atoms in total. The van der Waals surface area contributed by atoms with Gasteiger partial charge < -0.3 is 19.9 Å². The van der Waals surface area contributed by atoms with Crippen LogP contribution in [0.15, 0.2) is 54.6 Å². The predicted molar refractivity (Wildman–Crippen MR) is 82.9 cm³/mol.